The topological polar surface area (TPSA) is 20.2 Å². The van der Waals surface area contributed by atoms with Gasteiger partial charge < -0.3 is 5.11 Å². The summed E-state index contributed by atoms with van der Waals surface area (Å²) in [5.74, 6) is 2.07. The van der Waals surface area contributed by atoms with Crippen LogP contribution in [0.1, 0.15) is 73.1 Å². The summed E-state index contributed by atoms with van der Waals surface area (Å²) in [6.07, 6.45) is 7.18. The molecule has 0 aliphatic carbocycles. The molecule has 0 radical (unpaired) electrons. The highest BCUT2D eigenvalue weighted by Gasteiger charge is 2.13. The van der Waals surface area contributed by atoms with Gasteiger partial charge in [0.25, 0.3) is 0 Å². The van der Waals surface area contributed by atoms with E-state index in [0.29, 0.717) is 5.92 Å². The first kappa shape index (κ1) is 16.0. The van der Waals surface area contributed by atoms with E-state index in [2.05, 4.69) is 34.6 Å². The van der Waals surface area contributed by atoms with Crippen molar-refractivity contribution in [2.75, 3.05) is 0 Å². The molecule has 0 spiro atoms. The second-order valence-corrected chi connectivity index (χ2v) is 5.96. The molecule has 0 amide bonds. The lowest BCUT2D eigenvalue weighted by Crippen LogP contribution is -2.17. The molecule has 1 nitrogen and oxygen atoms in total. The van der Waals surface area contributed by atoms with Gasteiger partial charge in [-0.05, 0) is 30.6 Å². The average Bonchev–Trinajstić information content (AvgIpc) is 2.24. The fourth-order valence-corrected chi connectivity index (χ4v) is 2.03. The fraction of sp³-hybridized carbons (Fsp3) is 1.00. The van der Waals surface area contributed by atoms with Crippen LogP contribution in [-0.4, -0.2) is 11.2 Å². The van der Waals surface area contributed by atoms with Gasteiger partial charge in [0.1, 0.15) is 0 Å². The third kappa shape index (κ3) is 8.15. The molecule has 1 N–H and O–H groups in total. The van der Waals surface area contributed by atoms with Crippen molar-refractivity contribution in [2.45, 2.75) is 79.2 Å². The summed E-state index contributed by atoms with van der Waals surface area (Å²) in [7, 11) is 0. The van der Waals surface area contributed by atoms with Crippen molar-refractivity contribution in [1.29, 1.82) is 0 Å². The van der Waals surface area contributed by atoms with E-state index in [-0.39, 0.29) is 6.10 Å². The van der Waals surface area contributed by atoms with Crippen LogP contribution in [-0.2, 0) is 0 Å². The van der Waals surface area contributed by atoms with E-state index in [1.54, 1.807) is 0 Å². The molecule has 0 aromatic heterocycles. The van der Waals surface area contributed by atoms with Crippen LogP contribution in [0.2, 0.25) is 0 Å². The van der Waals surface area contributed by atoms with Gasteiger partial charge in [-0.3, -0.25) is 0 Å². The van der Waals surface area contributed by atoms with Gasteiger partial charge in [-0.25, -0.2) is 0 Å². The molecule has 0 bridgehead atoms. The predicted octanol–water partition coefficient (Wildman–Crippen LogP) is 4.64. The summed E-state index contributed by atoms with van der Waals surface area (Å²) in [6.45, 7) is 11.2. The highest BCUT2D eigenvalue weighted by molar-refractivity contribution is 4.65. The van der Waals surface area contributed by atoms with Gasteiger partial charge in [0.05, 0.1) is 6.10 Å². The van der Waals surface area contributed by atoms with Crippen LogP contribution >= 0.6 is 0 Å². The Hall–Kier alpha value is -0.0400. The number of aliphatic hydroxyl groups is 1. The number of hydrogen-bond acceptors (Lipinski definition) is 1. The summed E-state index contributed by atoms with van der Waals surface area (Å²) in [4.78, 5) is 0. The Labute approximate surface area is 103 Å². The molecule has 0 saturated carbocycles. The average molecular weight is 228 g/mol. The van der Waals surface area contributed by atoms with E-state index in [1.165, 1.54) is 25.7 Å². The first-order chi connectivity index (χ1) is 7.47. The molecule has 98 valence electrons. The standard InChI is InChI=1S/C15H32O/c1-6-14(5)15(16)11-10-13(4)9-7-8-12(2)3/h12-16H,6-11H2,1-5H3. The SMILES string of the molecule is CCC(C)C(O)CCC(C)CCCC(C)C. The first-order valence-corrected chi connectivity index (χ1v) is 7.15. The van der Waals surface area contributed by atoms with Crippen molar-refractivity contribution in [2.24, 2.45) is 17.8 Å². The molecule has 0 heterocycles. The number of hydrogen-bond donors (Lipinski definition) is 1. The maximum absolute atomic E-state index is 9.88. The fourth-order valence-electron chi connectivity index (χ4n) is 2.03. The summed E-state index contributed by atoms with van der Waals surface area (Å²) in [6, 6.07) is 0. The Kier molecular flexibility index (Phi) is 9.02. The summed E-state index contributed by atoms with van der Waals surface area (Å²) in [5, 5.41) is 9.88. The lowest BCUT2D eigenvalue weighted by atomic mass is 9.91. The summed E-state index contributed by atoms with van der Waals surface area (Å²) >= 11 is 0. The minimum atomic E-state index is -0.0856. The Morgan fingerprint density at radius 1 is 0.875 bits per heavy atom. The largest absolute Gasteiger partial charge is 0.393 e. The minimum absolute atomic E-state index is 0.0856. The van der Waals surface area contributed by atoms with Crippen molar-refractivity contribution in [3.63, 3.8) is 0 Å². The molecule has 3 unspecified atom stereocenters. The molecule has 0 aromatic rings. The Bertz CT molecular complexity index is 154. The van der Waals surface area contributed by atoms with Gasteiger partial charge in [0.2, 0.25) is 0 Å². The smallest absolute Gasteiger partial charge is 0.0565 e. The van der Waals surface area contributed by atoms with E-state index >= 15 is 0 Å². The molecule has 0 fully saturated rings. The first-order valence-electron chi connectivity index (χ1n) is 7.15. The van der Waals surface area contributed by atoms with Crippen molar-refractivity contribution in [3.8, 4) is 0 Å². The highest BCUT2D eigenvalue weighted by Crippen LogP contribution is 2.20. The third-order valence-corrected chi connectivity index (χ3v) is 3.73. The minimum Gasteiger partial charge on any atom is -0.393 e. The lowest BCUT2D eigenvalue weighted by Gasteiger charge is -2.19. The molecule has 16 heavy (non-hydrogen) atoms. The highest BCUT2D eigenvalue weighted by atomic mass is 16.3. The second kappa shape index (κ2) is 9.04. The zero-order chi connectivity index (χ0) is 12.6. The molecule has 0 saturated heterocycles. The number of rotatable bonds is 9. The van der Waals surface area contributed by atoms with Crippen LogP contribution in [0, 0.1) is 17.8 Å². The normalized spacial score (nSPS) is 17.4. The zero-order valence-electron chi connectivity index (χ0n) is 12.0. The molecule has 0 aliphatic rings. The third-order valence-electron chi connectivity index (χ3n) is 3.73. The Balaban J connectivity index is 3.53. The summed E-state index contributed by atoms with van der Waals surface area (Å²) < 4.78 is 0. The van der Waals surface area contributed by atoms with Crippen LogP contribution < -0.4 is 0 Å². The van der Waals surface area contributed by atoms with Crippen molar-refractivity contribution < 1.29 is 5.11 Å². The van der Waals surface area contributed by atoms with E-state index in [9.17, 15) is 5.11 Å². The van der Waals surface area contributed by atoms with Crippen LogP contribution in [0.5, 0.6) is 0 Å². The maximum atomic E-state index is 9.88. The Morgan fingerprint density at radius 3 is 2.00 bits per heavy atom. The van der Waals surface area contributed by atoms with Crippen LogP contribution in [0.4, 0.5) is 0 Å². The predicted molar refractivity (Wildman–Crippen MR) is 72.5 cm³/mol. The van der Waals surface area contributed by atoms with Gasteiger partial charge in [-0.2, -0.15) is 0 Å². The van der Waals surface area contributed by atoms with Crippen molar-refractivity contribution >= 4 is 0 Å². The molecule has 0 rings (SSSR count). The van der Waals surface area contributed by atoms with Gasteiger partial charge in [0, 0.05) is 0 Å². The monoisotopic (exact) mass is 228 g/mol. The number of aliphatic hydroxyl groups excluding tert-OH is 1. The molecule has 0 aromatic carbocycles. The van der Waals surface area contributed by atoms with Gasteiger partial charge in [-0.1, -0.05) is 60.3 Å². The van der Waals surface area contributed by atoms with Gasteiger partial charge in [0.15, 0.2) is 0 Å². The molecule has 3 atom stereocenters. The quantitative estimate of drug-likeness (QED) is 0.609. The second-order valence-electron chi connectivity index (χ2n) is 5.96. The van der Waals surface area contributed by atoms with Crippen molar-refractivity contribution in [1.82, 2.24) is 0 Å². The van der Waals surface area contributed by atoms with Crippen LogP contribution in [0.25, 0.3) is 0 Å². The molecule has 1 heteroatoms. The lowest BCUT2D eigenvalue weighted by molar-refractivity contribution is 0.0981. The Morgan fingerprint density at radius 2 is 1.50 bits per heavy atom. The van der Waals surface area contributed by atoms with Gasteiger partial charge in [-0.15, -0.1) is 0 Å². The van der Waals surface area contributed by atoms with Gasteiger partial charge >= 0.3 is 0 Å². The molecule has 0 aliphatic heterocycles. The van der Waals surface area contributed by atoms with E-state index in [4.69, 9.17) is 0 Å². The van der Waals surface area contributed by atoms with Crippen molar-refractivity contribution in [3.05, 3.63) is 0 Å². The maximum Gasteiger partial charge on any atom is 0.0565 e. The van der Waals surface area contributed by atoms with E-state index in [1.807, 2.05) is 0 Å². The van der Waals surface area contributed by atoms with Crippen LogP contribution in [0.3, 0.4) is 0 Å². The van der Waals surface area contributed by atoms with E-state index in [0.717, 1.165) is 24.7 Å². The van der Waals surface area contributed by atoms with Crippen LogP contribution in [0.15, 0.2) is 0 Å². The zero-order valence-corrected chi connectivity index (χ0v) is 12.0. The van der Waals surface area contributed by atoms with E-state index < -0.39 is 0 Å². The molecular weight excluding hydrogens is 196 g/mol. The summed E-state index contributed by atoms with van der Waals surface area (Å²) in [5.41, 5.74) is 0. The molecular formula is C15H32O.